The van der Waals surface area contributed by atoms with Gasteiger partial charge in [-0.2, -0.15) is 0 Å². The van der Waals surface area contributed by atoms with E-state index in [9.17, 15) is 0 Å². The molecule has 0 aromatic carbocycles. The van der Waals surface area contributed by atoms with Gasteiger partial charge < -0.3 is 15.0 Å². The molecule has 1 aliphatic heterocycles. The third kappa shape index (κ3) is 2.89. The number of fused-ring (bicyclic) bond motifs is 1. The van der Waals surface area contributed by atoms with Crippen LogP contribution in [0, 0.1) is 11.3 Å². The van der Waals surface area contributed by atoms with Crippen LogP contribution in [-0.4, -0.2) is 50.8 Å². The van der Waals surface area contributed by atoms with Crippen LogP contribution in [0.3, 0.4) is 0 Å². The molecule has 1 heterocycles. The Morgan fingerprint density at radius 2 is 2.06 bits per heavy atom. The van der Waals surface area contributed by atoms with E-state index in [-0.39, 0.29) is 0 Å². The van der Waals surface area contributed by atoms with Crippen molar-refractivity contribution in [3.63, 3.8) is 0 Å². The zero-order valence-electron chi connectivity index (χ0n) is 12.5. The van der Waals surface area contributed by atoms with E-state index in [2.05, 4.69) is 38.2 Å². The number of unbranched alkanes of at least 4 members (excludes halogenated alkanes) is 1. The highest BCUT2D eigenvalue weighted by Gasteiger charge is 2.57. The molecule has 1 N–H and O–H groups in total. The molecule has 106 valence electrons. The van der Waals surface area contributed by atoms with E-state index in [0.717, 1.165) is 19.1 Å². The Morgan fingerprint density at radius 3 is 2.78 bits per heavy atom. The summed E-state index contributed by atoms with van der Waals surface area (Å²) in [5.74, 6) is 0.766. The van der Waals surface area contributed by atoms with Gasteiger partial charge >= 0.3 is 0 Å². The molecule has 18 heavy (non-hydrogen) atoms. The normalized spacial score (nSPS) is 34.2. The minimum Gasteiger partial charge on any atom is -0.377 e. The molecule has 3 nitrogen and oxygen atoms in total. The number of rotatable bonds is 6. The molecule has 1 aliphatic carbocycles. The predicted molar refractivity (Wildman–Crippen MR) is 75.8 cm³/mol. The highest BCUT2D eigenvalue weighted by molar-refractivity contribution is 5.10. The van der Waals surface area contributed by atoms with E-state index >= 15 is 0 Å². The van der Waals surface area contributed by atoms with Crippen LogP contribution in [0.1, 0.15) is 39.5 Å². The SMILES string of the molecule is CN(C)CCCCNC1C2CCCOC2C1(C)C. The van der Waals surface area contributed by atoms with E-state index in [1.807, 2.05) is 0 Å². The maximum atomic E-state index is 5.93. The fourth-order valence-corrected chi connectivity index (χ4v) is 3.75. The zero-order valence-corrected chi connectivity index (χ0v) is 12.5. The van der Waals surface area contributed by atoms with E-state index in [0.29, 0.717) is 17.6 Å². The van der Waals surface area contributed by atoms with Gasteiger partial charge in [0.15, 0.2) is 0 Å². The number of hydrogen-bond donors (Lipinski definition) is 1. The molecular formula is C15H30N2O. The predicted octanol–water partition coefficient (Wildman–Crippen LogP) is 2.12. The summed E-state index contributed by atoms with van der Waals surface area (Å²) < 4.78 is 5.93. The first kappa shape index (κ1) is 14.3. The van der Waals surface area contributed by atoms with Crippen LogP contribution in [0.2, 0.25) is 0 Å². The fourth-order valence-electron chi connectivity index (χ4n) is 3.75. The second kappa shape index (κ2) is 5.89. The van der Waals surface area contributed by atoms with Crippen molar-refractivity contribution in [3.05, 3.63) is 0 Å². The summed E-state index contributed by atoms with van der Waals surface area (Å²) in [6.45, 7) is 8.05. The molecule has 1 saturated heterocycles. The van der Waals surface area contributed by atoms with Crippen molar-refractivity contribution >= 4 is 0 Å². The van der Waals surface area contributed by atoms with Gasteiger partial charge in [-0.15, -0.1) is 0 Å². The second-order valence-electron chi connectivity index (χ2n) is 6.86. The first-order chi connectivity index (χ1) is 8.53. The molecule has 0 aromatic heterocycles. The molecule has 3 atom stereocenters. The summed E-state index contributed by atoms with van der Waals surface area (Å²) in [5.41, 5.74) is 0.326. The van der Waals surface area contributed by atoms with Crippen LogP contribution in [0.4, 0.5) is 0 Å². The Balaban J connectivity index is 1.69. The molecule has 3 heteroatoms. The van der Waals surface area contributed by atoms with E-state index < -0.39 is 0 Å². The topological polar surface area (TPSA) is 24.5 Å². The number of nitrogens with one attached hydrogen (secondary N) is 1. The van der Waals surface area contributed by atoms with Gasteiger partial charge in [0.2, 0.25) is 0 Å². The Labute approximate surface area is 112 Å². The van der Waals surface area contributed by atoms with Crippen molar-refractivity contribution < 1.29 is 4.74 Å². The van der Waals surface area contributed by atoms with Gasteiger partial charge in [0.1, 0.15) is 0 Å². The number of hydrogen-bond acceptors (Lipinski definition) is 3. The van der Waals surface area contributed by atoms with Gasteiger partial charge in [0.05, 0.1) is 6.10 Å². The van der Waals surface area contributed by atoms with E-state index in [1.54, 1.807) is 0 Å². The average molecular weight is 254 g/mol. The van der Waals surface area contributed by atoms with Crippen LogP contribution >= 0.6 is 0 Å². The van der Waals surface area contributed by atoms with Gasteiger partial charge in [0, 0.05) is 24.0 Å². The minimum absolute atomic E-state index is 0.326. The highest BCUT2D eigenvalue weighted by atomic mass is 16.5. The quantitative estimate of drug-likeness (QED) is 0.735. The molecule has 0 spiro atoms. The van der Waals surface area contributed by atoms with Gasteiger partial charge in [-0.1, -0.05) is 13.8 Å². The Bertz CT molecular complexity index is 265. The van der Waals surface area contributed by atoms with E-state index in [4.69, 9.17) is 4.74 Å². The standard InChI is InChI=1S/C15H30N2O/c1-15(2)13(12-8-7-11-18-14(12)15)16-9-5-6-10-17(3)4/h12-14,16H,5-11H2,1-4H3. The van der Waals surface area contributed by atoms with Crippen molar-refractivity contribution in [3.8, 4) is 0 Å². The smallest absolute Gasteiger partial charge is 0.0684 e. The maximum Gasteiger partial charge on any atom is 0.0684 e. The fraction of sp³-hybridized carbons (Fsp3) is 1.00. The zero-order chi connectivity index (χ0) is 13.2. The molecule has 3 unspecified atom stereocenters. The largest absolute Gasteiger partial charge is 0.377 e. The molecule has 2 aliphatic rings. The summed E-state index contributed by atoms with van der Waals surface area (Å²) in [7, 11) is 4.29. The average Bonchev–Trinajstić information content (AvgIpc) is 2.33. The molecule has 0 bridgehead atoms. The first-order valence-electron chi connectivity index (χ1n) is 7.53. The van der Waals surface area contributed by atoms with Crippen LogP contribution in [-0.2, 0) is 4.74 Å². The number of ether oxygens (including phenoxy) is 1. The molecular weight excluding hydrogens is 224 g/mol. The van der Waals surface area contributed by atoms with Crippen molar-refractivity contribution in [2.75, 3.05) is 33.8 Å². The summed E-state index contributed by atoms with van der Waals surface area (Å²) >= 11 is 0. The Kier molecular flexibility index (Phi) is 4.68. The lowest BCUT2D eigenvalue weighted by atomic mass is 9.55. The third-order valence-electron chi connectivity index (χ3n) is 4.73. The minimum atomic E-state index is 0.326. The summed E-state index contributed by atoms with van der Waals surface area (Å²) in [4.78, 5) is 2.26. The van der Waals surface area contributed by atoms with Crippen molar-refractivity contribution in [1.29, 1.82) is 0 Å². The monoisotopic (exact) mass is 254 g/mol. The van der Waals surface area contributed by atoms with Crippen molar-refractivity contribution in [2.45, 2.75) is 51.7 Å². The van der Waals surface area contributed by atoms with Crippen LogP contribution in [0.5, 0.6) is 0 Å². The molecule has 2 fully saturated rings. The first-order valence-corrected chi connectivity index (χ1v) is 7.53. The van der Waals surface area contributed by atoms with E-state index in [1.165, 1.54) is 32.2 Å². The van der Waals surface area contributed by atoms with Gasteiger partial charge in [-0.3, -0.25) is 0 Å². The van der Waals surface area contributed by atoms with Crippen molar-refractivity contribution in [1.82, 2.24) is 10.2 Å². The van der Waals surface area contributed by atoms with Crippen LogP contribution in [0.25, 0.3) is 0 Å². The van der Waals surface area contributed by atoms with Crippen molar-refractivity contribution in [2.24, 2.45) is 11.3 Å². The lowest BCUT2D eigenvalue weighted by Gasteiger charge is -2.60. The third-order valence-corrected chi connectivity index (χ3v) is 4.73. The Morgan fingerprint density at radius 1 is 1.28 bits per heavy atom. The molecule has 0 amide bonds. The van der Waals surface area contributed by atoms with Gasteiger partial charge in [0.25, 0.3) is 0 Å². The molecule has 1 saturated carbocycles. The van der Waals surface area contributed by atoms with Gasteiger partial charge in [-0.25, -0.2) is 0 Å². The lowest BCUT2D eigenvalue weighted by molar-refractivity contribution is -0.192. The molecule has 2 rings (SSSR count). The Hall–Kier alpha value is -0.120. The lowest BCUT2D eigenvalue weighted by Crippen LogP contribution is -2.69. The summed E-state index contributed by atoms with van der Waals surface area (Å²) in [6, 6.07) is 0.669. The molecule has 0 radical (unpaired) electrons. The maximum absolute atomic E-state index is 5.93. The van der Waals surface area contributed by atoms with Crippen LogP contribution < -0.4 is 5.32 Å². The second-order valence-corrected chi connectivity index (χ2v) is 6.86. The molecule has 0 aromatic rings. The summed E-state index contributed by atoms with van der Waals surface area (Å²) in [5, 5.41) is 3.78. The highest BCUT2D eigenvalue weighted by Crippen LogP contribution is 2.51. The summed E-state index contributed by atoms with van der Waals surface area (Å²) in [6.07, 6.45) is 5.67. The van der Waals surface area contributed by atoms with Crippen LogP contribution in [0.15, 0.2) is 0 Å². The van der Waals surface area contributed by atoms with Gasteiger partial charge in [-0.05, 0) is 52.9 Å². The number of nitrogens with zero attached hydrogens (tertiary/aromatic N) is 1.